The standard InChI is InChI=1S/C29H35N7O/c1-20-17-36(27-6-5-22(15-30)29-25(27)4-3-8-32-29)19-24(37-20)18-34-10-12-35(13-11-34)28-14-26-21(2)31-9-7-23(26)16-33-28/h3-6,8,14,16,20-21,24,31H,7,9-13,17-19H2,1-2H3/t20-,21+,24+/m1/s1. The van der Waals surface area contributed by atoms with Crippen LogP contribution >= 0.6 is 0 Å². The first kappa shape index (κ1) is 24.1. The summed E-state index contributed by atoms with van der Waals surface area (Å²) in [4.78, 5) is 16.7. The van der Waals surface area contributed by atoms with E-state index in [0.29, 0.717) is 11.6 Å². The molecule has 0 unspecified atom stereocenters. The number of nitriles is 1. The van der Waals surface area contributed by atoms with Crippen molar-refractivity contribution in [2.75, 3.05) is 62.2 Å². The Hall–Kier alpha value is -3.25. The summed E-state index contributed by atoms with van der Waals surface area (Å²) >= 11 is 0. The van der Waals surface area contributed by atoms with Gasteiger partial charge in [0.25, 0.3) is 0 Å². The summed E-state index contributed by atoms with van der Waals surface area (Å²) < 4.78 is 6.40. The minimum Gasteiger partial charge on any atom is -0.370 e. The van der Waals surface area contributed by atoms with Gasteiger partial charge in [0.1, 0.15) is 11.9 Å². The number of pyridine rings is 2. The van der Waals surface area contributed by atoms with Crippen molar-refractivity contribution < 1.29 is 4.74 Å². The zero-order valence-electron chi connectivity index (χ0n) is 21.7. The van der Waals surface area contributed by atoms with Gasteiger partial charge in [-0.1, -0.05) is 0 Å². The van der Waals surface area contributed by atoms with E-state index in [2.05, 4.69) is 69.3 Å². The van der Waals surface area contributed by atoms with E-state index < -0.39 is 0 Å². The monoisotopic (exact) mass is 497 g/mol. The van der Waals surface area contributed by atoms with E-state index in [-0.39, 0.29) is 12.2 Å². The van der Waals surface area contributed by atoms with E-state index in [0.717, 1.165) is 81.2 Å². The summed E-state index contributed by atoms with van der Waals surface area (Å²) in [6, 6.07) is 12.9. The molecule has 1 N–H and O–H groups in total. The Bertz CT molecular complexity index is 1310. The summed E-state index contributed by atoms with van der Waals surface area (Å²) in [5.41, 5.74) is 5.31. The maximum absolute atomic E-state index is 9.52. The molecule has 0 bridgehead atoms. The first-order valence-corrected chi connectivity index (χ1v) is 13.5. The fourth-order valence-electron chi connectivity index (χ4n) is 6.12. The zero-order valence-corrected chi connectivity index (χ0v) is 21.7. The molecule has 8 heteroatoms. The number of hydrogen-bond acceptors (Lipinski definition) is 8. The van der Waals surface area contributed by atoms with Crippen molar-refractivity contribution in [2.24, 2.45) is 0 Å². The molecule has 3 aliphatic heterocycles. The number of piperazine rings is 1. The van der Waals surface area contributed by atoms with Gasteiger partial charge in [-0.05, 0) is 68.3 Å². The van der Waals surface area contributed by atoms with Gasteiger partial charge >= 0.3 is 0 Å². The van der Waals surface area contributed by atoms with E-state index in [4.69, 9.17) is 9.72 Å². The topological polar surface area (TPSA) is 80.6 Å². The Labute approximate surface area is 218 Å². The fourth-order valence-corrected chi connectivity index (χ4v) is 6.12. The van der Waals surface area contributed by atoms with Crippen LogP contribution in [-0.2, 0) is 11.2 Å². The van der Waals surface area contributed by atoms with Gasteiger partial charge in [-0.15, -0.1) is 0 Å². The number of ether oxygens (including phenoxy) is 1. The molecule has 0 amide bonds. The van der Waals surface area contributed by atoms with Crippen LogP contribution in [0.3, 0.4) is 0 Å². The number of morpholine rings is 1. The normalized spacial score (nSPS) is 24.6. The van der Waals surface area contributed by atoms with Crippen LogP contribution < -0.4 is 15.1 Å². The van der Waals surface area contributed by atoms with Gasteiger partial charge < -0.3 is 19.9 Å². The largest absolute Gasteiger partial charge is 0.370 e. The van der Waals surface area contributed by atoms with Crippen molar-refractivity contribution in [3.05, 3.63) is 59.4 Å². The van der Waals surface area contributed by atoms with Gasteiger partial charge in [-0.2, -0.15) is 5.26 Å². The molecule has 37 heavy (non-hydrogen) atoms. The second kappa shape index (κ2) is 10.3. The lowest BCUT2D eigenvalue weighted by Gasteiger charge is -2.42. The van der Waals surface area contributed by atoms with Crippen molar-refractivity contribution in [2.45, 2.75) is 38.5 Å². The minimum absolute atomic E-state index is 0.131. The lowest BCUT2D eigenvalue weighted by atomic mass is 9.97. The number of nitrogens with one attached hydrogen (secondary N) is 1. The molecule has 5 heterocycles. The lowest BCUT2D eigenvalue weighted by molar-refractivity contribution is -0.0327. The van der Waals surface area contributed by atoms with E-state index in [1.807, 2.05) is 12.1 Å². The maximum atomic E-state index is 9.52. The molecular formula is C29H35N7O. The first-order chi connectivity index (χ1) is 18.1. The molecule has 2 aromatic heterocycles. The van der Waals surface area contributed by atoms with Crippen molar-refractivity contribution >= 4 is 22.4 Å². The number of aromatic nitrogens is 2. The van der Waals surface area contributed by atoms with Crippen LogP contribution in [0.2, 0.25) is 0 Å². The smallest absolute Gasteiger partial charge is 0.128 e. The second-order valence-electron chi connectivity index (χ2n) is 10.6. The Morgan fingerprint density at radius 3 is 2.78 bits per heavy atom. The summed E-state index contributed by atoms with van der Waals surface area (Å²) in [6.07, 6.45) is 5.17. The average molecular weight is 498 g/mol. The van der Waals surface area contributed by atoms with Crippen LogP contribution in [0.1, 0.15) is 36.6 Å². The van der Waals surface area contributed by atoms with Crippen LogP contribution in [0.25, 0.3) is 10.9 Å². The molecule has 6 rings (SSSR count). The van der Waals surface area contributed by atoms with Gasteiger partial charge in [0, 0.05) is 75.3 Å². The van der Waals surface area contributed by atoms with Crippen LogP contribution in [0.4, 0.5) is 11.5 Å². The highest BCUT2D eigenvalue weighted by Crippen LogP contribution is 2.31. The average Bonchev–Trinajstić information content (AvgIpc) is 2.92. The number of fused-ring (bicyclic) bond motifs is 2. The molecule has 0 spiro atoms. The highest BCUT2D eigenvalue weighted by atomic mass is 16.5. The summed E-state index contributed by atoms with van der Waals surface area (Å²) in [5, 5.41) is 14.1. The number of hydrogen-bond donors (Lipinski definition) is 1. The summed E-state index contributed by atoms with van der Waals surface area (Å²) in [5.74, 6) is 1.10. The summed E-state index contributed by atoms with van der Waals surface area (Å²) in [6.45, 7) is 12.0. The third-order valence-corrected chi connectivity index (χ3v) is 8.01. The molecule has 8 nitrogen and oxygen atoms in total. The SMILES string of the molecule is C[C@@H]1CN(c2ccc(C#N)c3ncccc23)C[C@H](CN2CCN(c3cc4c(cn3)CCN[C@H]4C)CC2)O1. The van der Waals surface area contributed by atoms with Gasteiger partial charge in [0.15, 0.2) is 0 Å². The quantitative estimate of drug-likeness (QED) is 0.589. The van der Waals surface area contributed by atoms with E-state index >= 15 is 0 Å². The number of rotatable bonds is 4. The number of benzene rings is 1. The van der Waals surface area contributed by atoms with Crippen LogP contribution in [0, 0.1) is 11.3 Å². The van der Waals surface area contributed by atoms with Gasteiger partial charge in [0.05, 0.1) is 23.3 Å². The number of anilines is 2. The Balaban J connectivity index is 1.11. The minimum atomic E-state index is 0.131. The van der Waals surface area contributed by atoms with Gasteiger partial charge in [-0.25, -0.2) is 4.98 Å². The zero-order chi connectivity index (χ0) is 25.4. The predicted octanol–water partition coefficient (Wildman–Crippen LogP) is 3.12. The molecule has 192 valence electrons. The molecule has 0 aliphatic carbocycles. The second-order valence-corrected chi connectivity index (χ2v) is 10.6. The highest BCUT2D eigenvalue weighted by Gasteiger charge is 2.30. The lowest BCUT2D eigenvalue weighted by Crippen LogP contribution is -2.54. The first-order valence-electron chi connectivity index (χ1n) is 13.5. The molecule has 0 saturated carbocycles. The molecule has 2 fully saturated rings. The Kier molecular flexibility index (Phi) is 6.68. The molecule has 0 radical (unpaired) electrons. The third-order valence-electron chi connectivity index (χ3n) is 8.01. The molecular weight excluding hydrogens is 462 g/mol. The number of nitrogens with zero attached hydrogens (tertiary/aromatic N) is 6. The van der Waals surface area contributed by atoms with Crippen LogP contribution in [0.15, 0.2) is 42.7 Å². The van der Waals surface area contributed by atoms with Crippen LogP contribution in [-0.4, -0.2) is 79.4 Å². The van der Waals surface area contributed by atoms with E-state index in [9.17, 15) is 5.26 Å². The predicted molar refractivity (Wildman–Crippen MR) is 146 cm³/mol. The maximum Gasteiger partial charge on any atom is 0.128 e. The van der Waals surface area contributed by atoms with E-state index in [1.165, 1.54) is 11.1 Å². The highest BCUT2D eigenvalue weighted by molar-refractivity contribution is 5.95. The van der Waals surface area contributed by atoms with Crippen molar-refractivity contribution in [1.29, 1.82) is 5.26 Å². The molecule has 2 saturated heterocycles. The molecule has 3 aliphatic rings. The van der Waals surface area contributed by atoms with E-state index in [1.54, 1.807) is 6.20 Å². The molecule has 3 aromatic rings. The fraction of sp³-hybridized carbons (Fsp3) is 0.483. The molecule has 1 aromatic carbocycles. The van der Waals surface area contributed by atoms with Crippen LogP contribution in [0.5, 0.6) is 0 Å². The Morgan fingerprint density at radius 2 is 1.95 bits per heavy atom. The van der Waals surface area contributed by atoms with Crippen molar-refractivity contribution in [3.63, 3.8) is 0 Å². The third kappa shape index (κ3) is 4.87. The Morgan fingerprint density at radius 1 is 1.08 bits per heavy atom. The molecule has 3 atom stereocenters. The van der Waals surface area contributed by atoms with Gasteiger partial charge in [-0.3, -0.25) is 9.88 Å². The van der Waals surface area contributed by atoms with Gasteiger partial charge in [0.2, 0.25) is 0 Å². The van der Waals surface area contributed by atoms with Crippen molar-refractivity contribution in [3.8, 4) is 6.07 Å². The summed E-state index contributed by atoms with van der Waals surface area (Å²) in [7, 11) is 0. The van der Waals surface area contributed by atoms with Crippen molar-refractivity contribution in [1.82, 2.24) is 20.2 Å².